The summed E-state index contributed by atoms with van der Waals surface area (Å²) in [5.74, 6) is -3.19. The van der Waals surface area contributed by atoms with E-state index in [0.717, 1.165) is 11.3 Å². The number of carbonyl (C=O) groups is 6. The molecule has 4 rings (SSSR count). The van der Waals surface area contributed by atoms with Crippen molar-refractivity contribution in [3.63, 3.8) is 0 Å². The van der Waals surface area contributed by atoms with Crippen molar-refractivity contribution in [1.29, 1.82) is 0 Å². The maximum Gasteiger partial charge on any atom is 0.271 e. The van der Waals surface area contributed by atoms with Gasteiger partial charge in [0.1, 0.15) is 39.5 Å². The van der Waals surface area contributed by atoms with Gasteiger partial charge < -0.3 is 31.9 Å². The van der Waals surface area contributed by atoms with Gasteiger partial charge in [0.15, 0.2) is 0 Å². The zero-order chi connectivity index (χ0) is 32.8. The highest BCUT2D eigenvalue weighted by Crippen LogP contribution is 2.25. The second kappa shape index (κ2) is 14.9. The normalized spacial score (nSPS) is 23.6. The molecule has 14 nitrogen and oxygen atoms in total. The molecular formula is C29H40N8O6S2. The van der Waals surface area contributed by atoms with E-state index in [2.05, 4.69) is 31.2 Å². The minimum atomic E-state index is -0.985. The molecule has 0 saturated carbocycles. The highest BCUT2D eigenvalue weighted by molar-refractivity contribution is 7.10. The molecule has 4 heterocycles. The zero-order valence-corrected chi connectivity index (χ0v) is 27.4. The summed E-state index contributed by atoms with van der Waals surface area (Å²) >= 11 is 2.31. The summed E-state index contributed by atoms with van der Waals surface area (Å²) < 4.78 is 0. The first-order chi connectivity index (χ1) is 21.3. The molecule has 0 unspecified atom stereocenters. The fourth-order valence-electron chi connectivity index (χ4n) is 5.31. The van der Waals surface area contributed by atoms with E-state index in [9.17, 15) is 28.8 Å². The number of nitrogens with zero attached hydrogens (tertiary/aromatic N) is 3. The summed E-state index contributed by atoms with van der Waals surface area (Å²) in [6, 6.07) is -3.34. The summed E-state index contributed by atoms with van der Waals surface area (Å²) in [4.78, 5) is 88.9. The molecule has 2 aromatic rings. The molecule has 2 aliphatic rings. The monoisotopic (exact) mass is 660 g/mol. The molecule has 6 amide bonds. The van der Waals surface area contributed by atoms with Gasteiger partial charge in [-0.25, -0.2) is 9.97 Å². The quantitative estimate of drug-likeness (QED) is 0.304. The van der Waals surface area contributed by atoms with Crippen LogP contribution >= 0.6 is 22.7 Å². The Morgan fingerprint density at radius 2 is 1.64 bits per heavy atom. The average Bonchev–Trinajstić information content (AvgIpc) is 3.76. The van der Waals surface area contributed by atoms with Crippen LogP contribution in [-0.2, 0) is 25.7 Å². The lowest BCUT2D eigenvalue weighted by Gasteiger charge is -2.31. The van der Waals surface area contributed by atoms with Crippen LogP contribution in [0.3, 0.4) is 0 Å². The molecule has 4 bridgehead atoms. The second-order valence-corrected chi connectivity index (χ2v) is 13.9. The number of rotatable bonds is 6. The number of fused-ring (bicyclic) bond motifs is 5. The van der Waals surface area contributed by atoms with E-state index in [1.54, 1.807) is 19.2 Å². The molecule has 16 heteroatoms. The first-order valence-electron chi connectivity index (χ1n) is 15.0. The van der Waals surface area contributed by atoms with Crippen molar-refractivity contribution in [1.82, 2.24) is 36.1 Å². The predicted octanol–water partition coefficient (Wildman–Crippen LogP) is 1.24. The largest absolute Gasteiger partial charge is 0.370 e. The first-order valence-corrected chi connectivity index (χ1v) is 16.8. The number of amides is 6. The van der Waals surface area contributed by atoms with Crippen molar-refractivity contribution in [3.8, 4) is 0 Å². The lowest BCUT2D eigenvalue weighted by molar-refractivity contribution is -0.142. The smallest absolute Gasteiger partial charge is 0.271 e. The molecule has 45 heavy (non-hydrogen) atoms. The van der Waals surface area contributed by atoms with Crippen LogP contribution in [0.5, 0.6) is 0 Å². The van der Waals surface area contributed by atoms with Crippen molar-refractivity contribution in [3.05, 3.63) is 32.2 Å². The zero-order valence-electron chi connectivity index (χ0n) is 25.8. The highest BCUT2D eigenvalue weighted by atomic mass is 32.1. The Labute approximate surface area is 269 Å². The predicted molar refractivity (Wildman–Crippen MR) is 167 cm³/mol. The van der Waals surface area contributed by atoms with Crippen molar-refractivity contribution in [2.75, 3.05) is 6.54 Å². The minimum absolute atomic E-state index is 0.0351. The number of hydrogen-bond acceptors (Lipinski definition) is 10. The van der Waals surface area contributed by atoms with Gasteiger partial charge in [-0.1, -0.05) is 27.7 Å². The number of carbonyl (C=O) groups excluding carboxylic acids is 6. The van der Waals surface area contributed by atoms with Gasteiger partial charge >= 0.3 is 0 Å². The molecule has 4 atom stereocenters. The van der Waals surface area contributed by atoms with E-state index in [0.29, 0.717) is 35.8 Å². The standard InChI is InChI=1S/C29H40N8O6S2/c1-14(2)10-17-29(43)37-9-5-6-20(37)26(41)31-11-22-32-18(12-44-22)24(39)33-16(7-8-21(30)38)28-35-19(13-45-28)25(40)36-23(15(3)4)27(42)34-17/h12-17,20,23H,5-11H2,1-4H3,(H2,30,38)(H,31,41)(H,33,39)(H,34,42)(H,36,40)/t16-,17-,20+,23+/m1/s1. The van der Waals surface area contributed by atoms with E-state index in [1.165, 1.54) is 21.6 Å². The molecule has 0 aromatic carbocycles. The Hall–Kier alpha value is -3.92. The summed E-state index contributed by atoms with van der Waals surface area (Å²) in [6.45, 7) is 7.86. The van der Waals surface area contributed by atoms with Crippen LogP contribution < -0.4 is 27.0 Å². The van der Waals surface area contributed by atoms with E-state index in [4.69, 9.17) is 5.73 Å². The third-order valence-corrected chi connectivity index (χ3v) is 9.44. The molecule has 0 spiro atoms. The maximum atomic E-state index is 13.8. The minimum Gasteiger partial charge on any atom is -0.370 e. The van der Waals surface area contributed by atoms with Crippen molar-refractivity contribution in [2.24, 2.45) is 17.6 Å². The SMILES string of the molecule is CC(C)C[C@H]1NC(=O)[C@H](C(C)C)NC(=O)c2csc(n2)[C@@H](CCC(N)=O)NC(=O)c2csc(n2)CNC(=O)[C@@H]2CCCN2C1=O. The topological polar surface area (TPSA) is 206 Å². The van der Waals surface area contributed by atoms with Crippen molar-refractivity contribution < 1.29 is 28.8 Å². The van der Waals surface area contributed by atoms with Gasteiger partial charge in [-0.15, -0.1) is 22.7 Å². The highest BCUT2D eigenvalue weighted by Gasteiger charge is 2.39. The molecule has 1 fully saturated rings. The summed E-state index contributed by atoms with van der Waals surface area (Å²) in [6.07, 6.45) is 1.55. The number of primary amides is 1. The Kier molecular flexibility index (Phi) is 11.3. The Morgan fingerprint density at radius 3 is 2.33 bits per heavy atom. The Morgan fingerprint density at radius 1 is 0.956 bits per heavy atom. The van der Waals surface area contributed by atoms with E-state index < -0.39 is 47.8 Å². The molecular weight excluding hydrogens is 621 g/mol. The van der Waals surface area contributed by atoms with Crippen LogP contribution in [0.2, 0.25) is 0 Å². The maximum absolute atomic E-state index is 13.8. The van der Waals surface area contributed by atoms with Crippen LogP contribution in [0.15, 0.2) is 10.8 Å². The Balaban J connectivity index is 1.69. The van der Waals surface area contributed by atoms with Crippen LogP contribution in [0.4, 0.5) is 0 Å². The van der Waals surface area contributed by atoms with Crippen molar-refractivity contribution >= 4 is 58.1 Å². The fourth-order valence-corrected chi connectivity index (χ4v) is 6.91. The summed E-state index contributed by atoms with van der Waals surface area (Å²) in [5.41, 5.74) is 5.52. The van der Waals surface area contributed by atoms with Crippen LogP contribution in [0.1, 0.15) is 96.8 Å². The van der Waals surface area contributed by atoms with Crippen LogP contribution in [0, 0.1) is 11.8 Å². The lowest BCUT2D eigenvalue weighted by Crippen LogP contribution is -2.57. The van der Waals surface area contributed by atoms with Gasteiger partial charge in [-0.3, -0.25) is 28.8 Å². The van der Waals surface area contributed by atoms with Gasteiger partial charge in [0.25, 0.3) is 11.8 Å². The number of nitrogens with one attached hydrogen (secondary N) is 4. The van der Waals surface area contributed by atoms with Gasteiger partial charge in [-0.2, -0.15) is 0 Å². The van der Waals surface area contributed by atoms with E-state index >= 15 is 0 Å². The average molecular weight is 661 g/mol. The number of thiazole rings is 2. The van der Waals surface area contributed by atoms with Gasteiger partial charge in [0, 0.05) is 23.7 Å². The van der Waals surface area contributed by atoms with Crippen molar-refractivity contribution in [2.45, 2.75) is 90.5 Å². The third-order valence-electron chi connectivity index (χ3n) is 7.63. The summed E-state index contributed by atoms with van der Waals surface area (Å²) in [7, 11) is 0. The number of aromatic nitrogens is 2. The fraction of sp³-hybridized carbons (Fsp3) is 0.586. The third kappa shape index (κ3) is 8.63. The van der Waals surface area contributed by atoms with Gasteiger partial charge in [0.2, 0.25) is 23.6 Å². The molecule has 1 saturated heterocycles. The number of hydrogen-bond donors (Lipinski definition) is 5. The second-order valence-electron chi connectivity index (χ2n) is 12.0. The number of nitrogens with two attached hydrogens (primary N) is 1. The van der Waals surface area contributed by atoms with E-state index in [1.807, 2.05) is 13.8 Å². The molecule has 244 valence electrons. The van der Waals surface area contributed by atoms with Gasteiger partial charge in [0.05, 0.1) is 12.6 Å². The lowest BCUT2D eigenvalue weighted by atomic mass is 9.99. The van der Waals surface area contributed by atoms with Crippen LogP contribution in [-0.4, -0.2) is 75.0 Å². The first kappa shape index (κ1) is 34.0. The molecule has 2 aliphatic heterocycles. The Bertz CT molecular complexity index is 1440. The molecule has 0 radical (unpaired) electrons. The van der Waals surface area contributed by atoms with E-state index in [-0.39, 0.29) is 54.4 Å². The summed E-state index contributed by atoms with van der Waals surface area (Å²) in [5, 5.41) is 15.2. The molecule has 0 aliphatic carbocycles. The van der Waals surface area contributed by atoms with Crippen LogP contribution in [0.25, 0.3) is 0 Å². The van der Waals surface area contributed by atoms with Gasteiger partial charge in [-0.05, 0) is 37.5 Å². The molecule has 2 aromatic heterocycles. The molecule has 6 N–H and O–H groups in total.